The van der Waals surface area contributed by atoms with Gasteiger partial charge < -0.3 is 10.5 Å². The van der Waals surface area contributed by atoms with Gasteiger partial charge in [-0.25, -0.2) is 9.78 Å². The lowest BCUT2D eigenvalue weighted by Gasteiger charge is -2.07. The average molecular weight is 329 g/mol. The molecule has 0 saturated heterocycles. The second-order valence-electron chi connectivity index (χ2n) is 3.78. The maximum atomic E-state index is 11.6. The van der Waals surface area contributed by atoms with Crippen LogP contribution in [0.2, 0.25) is 10.0 Å². The van der Waals surface area contributed by atoms with Crippen molar-refractivity contribution in [1.82, 2.24) is 4.98 Å². The van der Waals surface area contributed by atoms with Gasteiger partial charge in [0, 0.05) is 9.92 Å². The number of carbonyl (C=O) groups is 1. The van der Waals surface area contributed by atoms with Crippen LogP contribution in [0.5, 0.6) is 0 Å². The lowest BCUT2D eigenvalue weighted by molar-refractivity contribution is 0.0601. The van der Waals surface area contributed by atoms with Gasteiger partial charge in [0.15, 0.2) is 0 Å². The molecule has 0 bridgehead atoms. The molecule has 0 amide bonds. The predicted octanol–water partition coefficient (Wildman–Crippen LogP) is 3.91. The van der Waals surface area contributed by atoms with Gasteiger partial charge >= 0.3 is 5.97 Å². The third-order valence-corrected chi connectivity index (χ3v) is 4.09. The number of rotatable bonds is 3. The molecule has 1 heterocycles. The molecule has 1 aromatic carbocycles. The molecule has 0 aliphatic carbocycles. The zero-order valence-electron chi connectivity index (χ0n) is 10.4. The van der Waals surface area contributed by atoms with E-state index in [-0.39, 0.29) is 11.3 Å². The molecule has 0 unspecified atom stereocenters. The molecule has 2 aromatic rings. The van der Waals surface area contributed by atoms with Crippen LogP contribution < -0.4 is 5.73 Å². The Kier molecular flexibility index (Phi) is 4.75. The highest BCUT2D eigenvalue weighted by Crippen LogP contribution is 2.34. The van der Waals surface area contributed by atoms with E-state index in [2.05, 4.69) is 9.72 Å². The van der Waals surface area contributed by atoms with Crippen LogP contribution in [0.25, 0.3) is 0 Å². The number of methoxy groups -OCH3 is 1. The van der Waals surface area contributed by atoms with Gasteiger partial charge in [-0.15, -0.1) is 0 Å². The predicted molar refractivity (Wildman–Crippen MR) is 80.6 cm³/mol. The summed E-state index contributed by atoms with van der Waals surface area (Å²) in [6, 6.07) is 6.68. The molecule has 2 N–H and O–H groups in total. The lowest BCUT2D eigenvalue weighted by atomic mass is 10.2. The monoisotopic (exact) mass is 328 g/mol. The van der Waals surface area contributed by atoms with Crippen molar-refractivity contribution in [2.45, 2.75) is 9.92 Å². The van der Waals surface area contributed by atoms with E-state index in [1.54, 1.807) is 24.3 Å². The van der Waals surface area contributed by atoms with Crippen molar-refractivity contribution in [3.8, 4) is 0 Å². The Hall–Kier alpha value is -1.43. The lowest BCUT2D eigenvalue weighted by Crippen LogP contribution is -2.06. The normalized spacial score (nSPS) is 10.3. The van der Waals surface area contributed by atoms with Crippen molar-refractivity contribution < 1.29 is 9.53 Å². The van der Waals surface area contributed by atoms with E-state index in [1.165, 1.54) is 25.1 Å². The quantitative estimate of drug-likeness (QED) is 0.865. The van der Waals surface area contributed by atoms with E-state index in [1.807, 2.05) is 0 Å². The Morgan fingerprint density at radius 2 is 2.10 bits per heavy atom. The molecule has 7 heteroatoms. The van der Waals surface area contributed by atoms with Crippen molar-refractivity contribution in [2.75, 3.05) is 12.8 Å². The van der Waals surface area contributed by atoms with Gasteiger partial charge in [0.1, 0.15) is 5.03 Å². The minimum Gasteiger partial charge on any atom is -0.465 e. The molecule has 2 rings (SSSR count). The van der Waals surface area contributed by atoms with Gasteiger partial charge in [-0.05, 0) is 24.3 Å². The second-order valence-corrected chi connectivity index (χ2v) is 5.68. The highest BCUT2D eigenvalue weighted by atomic mass is 35.5. The van der Waals surface area contributed by atoms with Gasteiger partial charge in [0.05, 0.1) is 29.6 Å². The summed E-state index contributed by atoms with van der Waals surface area (Å²) in [6.45, 7) is 0. The molecule has 0 aliphatic heterocycles. The number of nitrogens with zero attached hydrogens (tertiary/aromatic N) is 1. The summed E-state index contributed by atoms with van der Waals surface area (Å²) in [5, 5.41) is 1.70. The number of ether oxygens (including phenoxy) is 1. The molecule has 20 heavy (non-hydrogen) atoms. The molecular formula is C13H10Cl2N2O2S. The van der Waals surface area contributed by atoms with Gasteiger partial charge in [-0.3, -0.25) is 0 Å². The maximum absolute atomic E-state index is 11.6. The molecule has 0 spiro atoms. The van der Waals surface area contributed by atoms with Crippen molar-refractivity contribution in [1.29, 1.82) is 0 Å². The fraction of sp³-hybridized carbons (Fsp3) is 0.0769. The molecule has 0 atom stereocenters. The number of benzene rings is 1. The molecular weight excluding hydrogens is 319 g/mol. The third kappa shape index (κ3) is 3.36. The standard InChI is InChI=1S/C13H10Cl2N2O2S/c1-19-13(18)8-5-12(17-6-10(8)16)20-11-4-7(14)2-3-9(11)15/h2-6H,16H2,1H3. The SMILES string of the molecule is COC(=O)c1cc(Sc2cc(Cl)ccc2Cl)ncc1N. The van der Waals surface area contributed by atoms with Crippen LogP contribution in [0.15, 0.2) is 40.4 Å². The van der Waals surface area contributed by atoms with Crippen molar-refractivity contribution >= 4 is 46.6 Å². The number of halogens is 2. The van der Waals surface area contributed by atoms with E-state index >= 15 is 0 Å². The van der Waals surface area contributed by atoms with Crippen LogP contribution in [-0.4, -0.2) is 18.1 Å². The van der Waals surface area contributed by atoms with E-state index in [4.69, 9.17) is 28.9 Å². The van der Waals surface area contributed by atoms with E-state index < -0.39 is 5.97 Å². The number of hydrogen-bond donors (Lipinski definition) is 1. The molecule has 104 valence electrons. The average Bonchev–Trinajstić information content (AvgIpc) is 2.44. The van der Waals surface area contributed by atoms with Gasteiger partial charge in [0.25, 0.3) is 0 Å². The smallest absolute Gasteiger partial charge is 0.340 e. The molecule has 1 aromatic heterocycles. The summed E-state index contributed by atoms with van der Waals surface area (Å²) in [6.07, 6.45) is 1.41. The maximum Gasteiger partial charge on any atom is 0.340 e. The summed E-state index contributed by atoms with van der Waals surface area (Å²) in [5.41, 5.74) is 6.22. The topological polar surface area (TPSA) is 65.2 Å². The van der Waals surface area contributed by atoms with Crippen LogP contribution in [-0.2, 0) is 4.74 Å². The number of anilines is 1. The second kappa shape index (κ2) is 6.35. The number of aromatic nitrogens is 1. The van der Waals surface area contributed by atoms with E-state index in [9.17, 15) is 4.79 Å². The van der Waals surface area contributed by atoms with Crippen LogP contribution in [0.4, 0.5) is 5.69 Å². The van der Waals surface area contributed by atoms with E-state index in [0.29, 0.717) is 15.1 Å². The Bertz CT molecular complexity index is 665. The number of nitrogens with two attached hydrogens (primary N) is 1. The first-order valence-electron chi connectivity index (χ1n) is 5.48. The van der Waals surface area contributed by atoms with Crippen molar-refractivity contribution in [3.63, 3.8) is 0 Å². The summed E-state index contributed by atoms with van der Waals surface area (Å²) in [7, 11) is 1.29. The minimum absolute atomic E-state index is 0.262. The van der Waals surface area contributed by atoms with Gasteiger partial charge in [-0.2, -0.15) is 0 Å². The highest BCUT2D eigenvalue weighted by molar-refractivity contribution is 7.99. The summed E-state index contributed by atoms with van der Waals surface area (Å²) >= 11 is 13.3. The van der Waals surface area contributed by atoms with Crippen molar-refractivity contribution in [2.24, 2.45) is 0 Å². The fourth-order valence-corrected chi connectivity index (χ4v) is 2.79. The molecule has 0 saturated carbocycles. The van der Waals surface area contributed by atoms with Crippen LogP contribution >= 0.6 is 35.0 Å². The fourth-order valence-electron chi connectivity index (χ4n) is 1.46. The minimum atomic E-state index is -0.510. The van der Waals surface area contributed by atoms with Gasteiger partial charge in [-0.1, -0.05) is 35.0 Å². The Morgan fingerprint density at radius 1 is 1.35 bits per heavy atom. The van der Waals surface area contributed by atoms with Gasteiger partial charge in [0.2, 0.25) is 0 Å². The zero-order valence-corrected chi connectivity index (χ0v) is 12.7. The number of pyridine rings is 1. The number of hydrogen-bond acceptors (Lipinski definition) is 5. The highest BCUT2D eigenvalue weighted by Gasteiger charge is 2.13. The molecule has 0 aliphatic rings. The Morgan fingerprint density at radius 3 is 2.80 bits per heavy atom. The summed E-state index contributed by atoms with van der Waals surface area (Å²) in [5.74, 6) is -0.510. The van der Waals surface area contributed by atoms with Crippen LogP contribution in [0.3, 0.4) is 0 Å². The van der Waals surface area contributed by atoms with Crippen molar-refractivity contribution in [3.05, 3.63) is 46.1 Å². The third-order valence-electron chi connectivity index (χ3n) is 2.42. The largest absolute Gasteiger partial charge is 0.465 e. The first-order valence-corrected chi connectivity index (χ1v) is 7.05. The van der Waals surface area contributed by atoms with Crippen LogP contribution in [0, 0.1) is 0 Å². The summed E-state index contributed by atoms with van der Waals surface area (Å²) in [4.78, 5) is 16.5. The first kappa shape index (κ1) is 15.0. The molecule has 0 fully saturated rings. The number of nitrogen functional groups attached to an aromatic ring is 1. The van der Waals surface area contributed by atoms with Crippen LogP contribution in [0.1, 0.15) is 10.4 Å². The Labute approximate surface area is 130 Å². The molecule has 0 radical (unpaired) electrons. The zero-order chi connectivity index (χ0) is 14.7. The Balaban J connectivity index is 2.34. The first-order chi connectivity index (χ1) is 9.51. The van der Waals surface area contributed by atoms with E-state index in [0.717, 1.165) is 4.90 Å². The molecule has 4 nitrogen and oxygen atoms in total. The number of esters is 1. The number of carbonyl (C=O) groups excluding carboxylic acids is 1. The summed E-state index contributed by atoms with van der Waals surface area (Å²) < 4.78 is 4.66.